The Morgan fingerprint density at radius 3 is 1.72 bits per heavy atom. The van der Waals surface area contributed by atoms with Crippen molar-refractivity contribution in [3.8, 4) is 0 Å². The zero-order valence-corrected chi connectivity index (χ0v) is 29.9. The summed E-state index contributed by atoms with van der Waals surface area (Å²) in [6, 6.07) is 51.4. The quantitative estimate of drug-likeness (QED) is 0.0768. The third kappa shape index (κ3) is 7.68. The van der Waals surface area contributed by atoms with Crippen LogP contribution in [0.5, 0.6) is 0 Å². The summed E-state index contributed by atoms with van der Waals surface area (Å²) in [5, 5.41) is 0. The van der Waals surface area contributed by atoms with Gasteiger partial charge in [0.1, 0.15) is 12.1 Å². The second kappa shape index (κ2) is 16.4. The second-order valence-electron chi connectivity index (χ2n) is 13.4. The number of ketones is 1. The number of hydrogen-bond donors (Lipinski definition) is 0. The number of likely N-dealkylation sites (tertiary alicyclic amines) is 1. The van der Waals surface area contributed by atoms with Gasteiger partial charge in [-0.1, -0.05) is 158 Å². The molecule has 6 heteroatoms. The van der Waals surface area contributed by atoms with Crippen LogP contribution in [0.2, 0.25) is 0 Å². The number of hydrogen-bond acceptors (Lipinski definition) is 4. The largest absolute Gasteiger partial charge is 0.445 e. The monoisotopic (exact) mass is 697 g/mol. The lowest BCUT2D eigenvalue weighted by Crippen LogP contribution is -2.40. The van der Waals surface area contributed by atoms with Crippen molar-refractivity contribution in [3.05, 3.63) is 210 Å². The molecule has 0 saturated carbocycles. The van der Waals surface area contributed by atoms with Gasteiger partial charge in [-0.25, -0.2) is 9.78 Å². The van der Waals surface area contributed by atoms with Crippen molar-refractivity contribution in [1.29, 1.82) is 0 Å². The van der Waals surface area contributed by atoms with E-state index >= 15 is 0 Å². The standard InChI is InChI=1S/C47H43N3O3/c1-36(44-33-50(35-48-44)47(40-21-11-4-12-22-40,41-23-13-5-14-24-41)42-25-15-6-16-26-42)43(38-19-9-3-10-20-38)27-28-45(51)39-29-31-49(32-30-39)46(52)53-34-37-17-7-2-8-18-37/h2-28,33,35,39H,29-32,34H2,1H3/b28-27+,43-36+. The number of ether oxygens (including phenoxy) is 1. The normalized spacial score (nSPS) is 14.2. The Morgan fingerprint density at radius 1 is 0.698 bits per heavy atom. The highest BCUT2D eigenvalue weighted by atomic mass is 16.6. The van der Waals surface area contributed by atoms with Crippen LogP contribution < -0.4 is 0 Å². The number of amides is 1. The SMILES string of the molecule is C/C(=C(/C=C/C(=O)C1CCN(C(=O)OCc2ccccc2)CC1)c1ccccc1)c1cn(C(c2ccccc2)(c2ccccc2)c2ccccc2)cn1. The summed E-state index contributed by atoms with van der Waals surface area (Å²) in [5.41, 5.74) is 7.32. The Hall–Kier alpha value is -6.27. The Bertz CT molecular complexity index is 2070. The van der Waals surface area contributed by atoms with Crippen LogP contribution in [0.1, 0.15) is 53.3 Å². The zero-order valence-electron chi connectivity index (χ0n) is 29.9. The van der Waals surface area contributed by atoms with Crippen molar-refractivity contribution in [3.63, 3.8) is 0 Å². The molecule has 1 aromatic heterocycles. The number of carbonyl (C=O) groups is 2. The molecule has 0 bridgehead atoms. The summed E-state index contributed by atoms with van der Waals surface area (Å²) < 4.78 is 7.74. The maximum Gasteiger partial charge on any atom is 0.410 e. The van der Waals surface area contributed by atoms with Crippen LogP contribution in [0, 0.1) is 5.92 Å². The van der Waals surface area contributed by atoms with Gasteiger partial charge in [0.05, 0.1) is 12.0 Å². The summed E-state index contributed by atoms with van der Waals surface area (Å²) >= 11 is 0. The number of carbonyl (C=O) groups excluding carboxylic acids is 2. The molecule has 6 aromatic rings. The first kappa shape index (κ1) is 35.1. The van der Waals surface area contributed by atoms with Gasteiger partial charge in [0, 0.05) is 25.2 Å². The molecule has 1 aliphatic rings. The second-order valence-corrected chi connectivity index (χ2v) is 13.4. The number of imidazole rings is 1. The molecule has 1 amide bonds. The van der Waals surface area contributed by atoms with Gasteiger partial charge >= 0.3 is 6.09 Å². The summed E-state index contributed by atoms with van der Waals surface area (Å²) in [6.45, 7) is 3.28. The minimum absolute atomic E-state index is 0.0605. The van der Waals surface area contributed by atoms with E-state index < -0.39 is 5.54 Å². The molecule has 2 heterocycles. The number of nitrogens with zero attached hydrogens (tertiary/aromatic N) is 3. The highest BCUT2D eigenvalue weighted by molar-refractivity contribution is 5.99. The fraction of sp³-hybridized carbons (Fsp3) is 0.170. The molecule has 1 saturated heterocycles. The lowest BCUT2D eigenvalue weighted by atomic mass is 9.77. The molecule has 0 N–H and O–H groups in total. The molecule has 0 unspecified atom stereocenters. The number of piperidine rings is 1. The number of aromatic nitrogens is 2. The van der Waals surface area contributed by atoms with E-state index in [2.05, 4.69) is 103 Å². The molecule has 7 rings (SSSR count). The van der Waals surface area contributed by atoms with Crippen molar-refractivity contribution in [2.75, 3.05) is 13.1 Å². The van der Waals surface area contributed by atoms with Gasteiger partial charge in [-0.15, -0.1) is 0 Å². The molecule has 0 aliphatic carbocycles. The first-order valence-electron chi connectivity index (χ1n) is 18.2. The summed E-state index contributed by atoms with van der Waals surface area (Å²) in [6.07, 6.45) is 8.53. The van der Waals surface area contributed by atoms with Crippen molar-refractivity contribution in [1.82, 2.24) is 14.5 Å². The van der Waals surface area contributed by atoms with E-state index in [9.17, 15) is 9.59 Å². The van der Waals surface area contributed by atoms with E-state index in [1.54, 1.807) is 11.0 Å². The van der Waals surface area contributed by atoms with Crippen LogP contribution in [0.25, 0.3) is 11.1 Å². The van der Waals surface area contributed by atoms with Crippen LogP contribution >= 0.6 is 0 Å². The molecule has 1 aliphatic heterocycles. The Morgan fingerprint density at radius 2 is 1.19 bits per heavy atom. The van der Waals surface area contributed by atoms with Crippen molar-refractivity contribution in [2.45, 2.75) is 31.9 Å². The third-order valence-corrected chi connectivity index (χ3v) is 10.2. The highest BCUT2D eigenvalue weighted by Crippen LogP contribution is 2.41. The summed E-state index contributed by atoms with van der Waals surface area (Å²) in [5.74, 6) is -0.102. The average molecular weight is 698 g/mol. The molecule has 0 spiro atoms. The molecule has 6 nitrogen and oxygen atoms in total. The molecule has 264 valence electrons. The van der Waals surface area contributed by atoms with Crippen LogP contribution in [0.15, 0.2) is 176 Å². The van der Waals surface area contributed by atoms with Gasteiger partial charge in [-0.3, -0.25) is 4.79 Å². The van der Waals surface area contributed by atoms with E-state index in [0.29, 0.717) is 25.9 Å². The van der Waals surface area contributed by atoms with Crippen molar-refractivity contribution in [2.24, 2.45) is 5.92 Å². The fourth-order valence-corrected chi connectivity index (χ4v) is 7.34. The minimum Gasteiger partial charge on any atom is -0.445 e. The average Bonchev–Trinajstić information content (AvgIpc) is 3.73. The lowest BCUT2D eigenvalue weighted by Gasteiger charge is -2.37. The van der Waals surface area contributed by atoms with Gasteiger partial charge in [0.2, 0.25) is 0 Å². The van der Waals surface area contributed by atoms with Crippen molar-refractivity contribution >= 4 is 23.0 Å². The van der Waals surface area contributed by atoms with E-state index in [4.69, 9.17) is 9.72 Å². The van der Waals surface area contributed by atoms with E-state index in [1.807, 2.05) is 79.1 Å². The molecule has 0 radical (unpaired) electrons. The van der Waals surface area contributed by atoms with Gasteiger partial charge in [-0.2, -0.15) is 0 Å². The summed E-state index contributed by atoms with van der Waals surface area (Å²) in [4.78, 5) is 33.1. The van der Waals surface area contributed by atoms with Gasteiger partial charge in [-0.05, 0) is 64.8 Å². The molecule has 1 fully saturated rings. The predicted molar refractivity (Wildman–Crippen MR) is 211 cm³/mol. The van der Waals surface area contributed by atoms with Crippen molar-refractivity contribution < 1.29 is 14.3 Å². The molecule has 5 aromatic carbocycles. The number of benzene rings is 5. The predicted octanol–water partition coefficient (Wildman–Crippen LogP) is 9.83. The molecular formula is C47H43N3O3. The fourth-order valence-electron chi connectivity index (χ4n) is 7.34. The van der Waals surface area contributed by atoms with Crippen LogP contribution in [-0.4, -0.2) is 39.4 Å². The number of rotatable bonds is 11. The van der Waals surface area contributed by atoms with Gasteiger partial charge in [0.15, 0.2) is 5.78 Å². The Labute approximate surface area is 311 Å². The highest BCUT2D eigenvalue weighted by Gasteiger charge is 2.38. The van der Waals surface area contributed by atoms with Gasteiger partial charge < -0.3 is 14.2 Å². The number of allylic oxidation sites excluding steroid dienone is 4. The van der Waals surface area contributed by atoms with E-state index in [-0.39, 0.29) is 24.4 Å². The minimum atomic E-state index is -0.684. The molecule has 53 heavy (non-hydrogen) atoms. The summed E-state index contributed by atoms with van der Waals surface area (Å²) in [7, 11) is 0. The van der Waals surface area contributed by atoms with Gasteiger partial charge in [0.25, 0.3) is 0 Å². The maximum absolute atomic E-state index is 13.6. The first-order chi connectivity index (χ1) is 26.0. The molecular weight excluding hydrogens is 655 g/mol. The Kier molecular flexibility index (Phi) is 10.9. The van der Waals surface area contributed by atoms with Crippen LogP contribution in [-0.2, 0) is 21.7 Å². The Balaban J connectivity index is 1.17. The zero-order chi connectivity index (χ0) is 36.5. The topological polar surface area (TPSA) is 64.4 Å². The van der Waals surface area contributed by atoms with Crippen LogP contribution in [0.3, 0.4) is 0 Å². The third-order valence-electron chi connectivity index (χ3n) is 10.2. The molecule has 0 atom stereocenters. The smallest absolute Gasteiger partial charge is 0.410 e. The maximum atomic E-state index is 13.6. The lowest BCUT2D eigenvalue weighted by molar-refractivity contribution is -0.119. The first-order valence-corrected chi connectivity index (χ1v) is 18.2. The van der Waals surface area contributed by atoms with E-state index in [0.717, 1.165) is 44.7 Å². The van der Waals surface area contributed by atoms with Crippen LogP contribution in [0.4, 0.5) is 4.79 Å². The van der Waals surface area contributed by atoms with E-state index in [1.165, 1.54) is 0 Å².